The molecule has 3 aromatic rings. The number of carbonyl (C=O) groups excluding carboxylic acids is 1. The minimum absolute atomic E-state index is 0.0828. The first-order chi connectivity index (χ1) is 15.0. The molecule has 2 aromatic carbocycles. The van der Waals surface area contributed by atoms with Gasteiger partial charge in [0.05, 0.1) is 33.8 Å². The highest BCUT2D eigenvalue weighted by Crippen LogP contribution is 2.38. The van der Waals surface area contributed by atoms with Gasteiger partial charge in [0, 0.05) is 4.88 Å². The molecule has 1 unspecified atom stereocenters. The first kappa shape index (κ1) is 22.7. The zero-order valence-electron chi connectivity index (χ0n) is 18.6. The Bertz CT molecular complexity index is 972. The van der Waals surface area contributed by atoms with Crippen molar-refractivity contribution in [3.8, 4) is 17.2 Å². The van der Waals surface area contributed by atoms with Crippen LogP contribution in [0.25, 0.3) is 0 Å². The molecule has 0 aliphatic rings. The molecule has 3 rings (SSSR count). The number of nitrogens with one attached hydrogen (secondary N) is 1. The second-order valence-electron chi connectivity index (χ2n) is 7.55. The molecule has 0 spiro atoms. The number of carbonyl (C=O) groups is 1. The molecule has 6 heteroatoms. The Labute approximate surface area is 188 Å². The lowest BCUT2D eigenvalue weighted by atomic mass is 9.98. The third kappa shape index (κ3) is 5.39. The Morgan fingerprint density at radius 2 is 1.55 bits per heavy atom. The van der Waals surface area contributed by atoms with Crippen molar-refractivity contribution >= 4 is 17.2 Å². The highest BCUT2D eigenvalue weighted by molar-refractivity contribution is 7.10. The van der Waals surface area contributed by atoms with E-state index >= 15 is 0 Å². The normalized spacial score (nSPS) is 11.8. The summed E-state index contributed by atoms with van der Waals surface area (Å²) < 4.78 is 16.2. The average Bonchev–Trinajstić information content (AvgIpc) is 3.31. The Hall–Kier alpha value is -2.99. The van der Waals surface area contributed by atoms with Crippen LogP contribution in [0.4, 0.5) is 0 Å². The van der Waals surface area contributed by atoms with Crippen molar-refractivity contribution in [3.05, 3.63) is 75.5 Å². The minimum atomic E-state index is -0.198. The van der Waals surface area contributed by atoms with Gasteiger partial charge in [-0.05, 0) is 46.2 Å². The molecule has 0 saturated heterocycles. The molecule has 5 nitrogen and oxygen atoms in total. The first-order valence-electron chi connectivity index (χ1n) is 10.2. The molecular formula is C25H29NO4S. The van der Waals surface area contributed by atoms with E-state index in [1.54, 1.807) is 44.8 Å². The van der Waals surface area contributed by atoms with Gasteiger partial charge in [-0.2, -0.15) is 0 Å². The second kappa shape index (κ2) is 10.4. The molecule has 1 aromatic heterocycles. The second-order valence-corrected chi connectivity index (χ2v) is 8.53. The summed E-state index contributed by atoms with van der Waals surface area (Å²) >= 11 is 1.63. The number of hydrogen-bond donors (Lipinski definition) is 1. The maximum atomic E-state index is 13.0. The monoisotopic (exact) mass is 439 g/mol. The summed E-state index contributed by atoms with van der Waals surface area (Å²) in [5.74, 6) is 1.95. The number of hydrogen-bond acceptors (Lipinski definition) is 5. The van der Waals surface area contributed by atoms with Crippen molar-refractivity contribution in [3.63, 3.8) is 0 Å². The van der Waals surface area contributed by atoms with E-state index in [0.29, 0.717) is 23.2 Å². The summed E-state index contributed by atoms with van der Waals surface area (Å²) in [6.07, 6.45) is 0.197. The summed E-state index contributed by atoms with van der Waals surface area (Å²) in [6.45, 7) is 4.34. The number of thiophene rings is 1. The summed E-state index contributed by atoms with van der Waals surface area (Å²) in [7, 11) is 4.69. The van der Waals surface area contributed by atoms with Gasteiger partial charge in [-0.1, -0.05) is 44.2 Å². The number of ether oxygens (including phenoxy) is 3. The largest absolute Gasteiger partial charge is 0.493 e. The molecule has 0 aliphatic carbocycles. The molecule has 0 radical (unpaired) electrons. The molecule has 0 bridgehead atoms. The fraction of sp³-hybridized carbons (Fsp3) is 0.320. The van der Waals surface area contributed by atoms with Gasteiger partial charge in [0.2, 0.25) is 11.7 Å². The van der Waals surface area contributed by atoms with Gasteiger partial charge in [-0.3, -0.25) is 4.79 Å². The topological polar surface area (TPSA) is 56.8 Å². The Morgan fingerprint density at radius 1 is 0.935 bits per heavy atom. The molecule has 31 heavy (non-hydrogen) atoms. The van der Waals surface area contributed by atoms with E-state index in [2.05, 4.69) is 43.4 Å². The lowest BCUT2D eigenvalue weighted by molar-refractivity contribution is -0.120. The molecule has 0 aliphatic heterocycles. The fourth-order valence-electron chi connectivity index (χ4n) is 3.48. The molecular weight excluding hydrogens is 410 g/mol. The number of rotatable bonds is 9. The van der Waals surface area contributed by atoms with E-state index in [4.69, 9.17) is 14.2 Å². The third-order valence-electron chi connectivity index (χ3n) is 5.16. The van der Waals surface area contributed by atoms with Crippen molar-refractivity contribution in [2.75, 3.05) is 21.3 Å². The summed E-state index contributed by atoms with van der Waals surface area (Å²) in [5, 5.41) is 5.22. The van der Waals surface area contributed by atoms with Crippen LogP contribution in [0.1, 0.15) is 47.4 Å². The van der Waals surface area contributed by atoms with Crippen LogP contribution < -0.4 is 19.5 Å². The van der Waals surface area contributed by atoms with Gasteiger partial charge in [-0.25, -0.2) is 0 Å². The molecule has 164 valence electrons. The van der Waals surface area contributed by atoms with E-state index in [9.17, 15) is 4.79 Å². The zero-order chi connectivity index (χ0) is 22.4. The number of benzene rings is 2. The van der Waals surface area contributed by atoms with Crippen LogP contribution >= 0.6 is 11.3 Å². The van der Waals surface area contributed by atoms with Crippen molar-refractivity contribution in [2.45, 2.75) is 32.2 Å². The van der Waals surface area contributed by atoms with Gasteiger partial charge in [-0.15, -0.1) is 11.3 Å². The van der Waals surface area contributed by atoms with Crippen LogP contribution in [0.2, 0.25) is 0 Å². The fourth-order valence-corrected chi connectivity index (χ4v) is 4.28. The van der Waals surface area contributed by atoms with Gasteiger partial charge < -0.3 is 19.5 Å². The zero-order valence-corrected chi connectivity index (χ0v) is 19.4. The van der Waals surface area contributed by atoms with E-state index in [-0.39, 0.29) is 18.4 Å². The Morgan fingerprint density at radius 3 is 2.03 bits per heavy atom. The van der Waals surface area contributed by atoms with Crippen LogP contribution in [0, 0.1) is 0 Å². The Balaban J connectivity index is 1.83. The number of methoxy groups -OCH3 is 3. The van der Waals surface area contributed by atoms with Crippen molar-refractivity contribution in [2.24, 2.45) is 0 Å². The van der Waals surface area contributed by atoms with Gasteiger partial charge in [0.15, 0.2) is 11.5 Å². The Kier molecular flexibility index (Phi) is 7.58. The van der Waals surface area contributed by atoms with Crippen molar-refractivity contribution < 1.29 is 19.0 Å². The van der Waals surface area contributed by atoms with E-state index in [1.165, 1.54) is 5.56 Å². The van der Waals surface area contributed by atoms with Crippen LogP contribution in [-0.4, -0.2) is 27.2 Å². The van der Waals surface area contributed by atoms with Gasteiger partial charge in [0.25, 0.3) is 0 Å². The number of amides is 1. The van der Waals surface area contributed by atoms with Crippen LogP contribution in [0.3, 0.4) is 0 Å². The summed E-state index contributed by atoms with van der Waals surface area (Å²) in [5.41, 5.74) is 3.12. The minimum Gasteiger partial charge on any atom is -0.493 e. The molecule has 1 heterocycles. The smallest absolute Gasteiger partial charge is 0.225 e. The van der Waals surface area contributed by atoms with Crippen LogP contribution in [0.15, 0.2) is 53.9 Å². The summed E-state index contributed by atoms with van der Waals surface area (Å²) in [4.78, 5) is 14.1. The highest BCUT2D eigenvalue weighted by Gasteiger charge is 2.20. The third-order valence-corrected chi connectivity index (χ3v) is 6.10. The predicted octanol–water partition coefficient (Wildman–Crippen LogP) is 5.35. The molecule has 0 saturated carbocycles. The maximum absolute atomic E-state index is 13.0. The van der Waals surface area contributed by atoms with E-state index in [0.717, 1.165) is 16.0 Å². The average molecular weight is 440 g/mol. The first-order valence-corrected chi connectivity index (χ1v) is 11.1. The van der Waals surface area contributed by atoms with E-state index in [1.807, 2.05) is 17.5 Å². The van der Waals surface area contributed by atoms with Crippen LogP contribution in [0.5, 0.6) is 17.2 Å². The lowest BCUT2D eigenvalue weighted by Gasteiger charge is -2.20. The van der Waals surface area contributed by atoms with Gasteiger partial charge in [0.1, 0.15) is 0 Å². The standard InChI is InChI=1S/C25H29NO4S/c1-16(2)18-8-10-19(11-9-18)24(22-7-6-12-31-22)26-23(27)15-17-13-20(28-3)25(30-5)21(14-17)29-4/h6-14,16,24H,15H2,1-5H3,(H,26,27). The summed E-state index contributed by atoms with van der Waals surface area (Å²) in [6, 6.07) is 15.9. The van der Waals surface area contributed by atoms with Crippen molar-refractivity contribution in [1.29, 1.82) is 0 Å². The lowest BCUT2D eigenvalue weighted by Crippen LogP contribution is -2.30. The predicted molar refractivity (Wildman–Crippen MR) is 125 cm³/mol. The highest BCUT2D eigenvalue weighted by atomic mass is 32.1. The SMILES string of the molecule is COc1cc(CC(=O)NC(c2ccc(C(C)C)cc2)c2cccs2)cc(OC)c1OC. The maximum Gasteiger partial charge on any atom is 0.225 e. The molecule has 1 N–H and O–H groups in total. The quantitative estimate of drug-likeness (QED) is 0.489. The van der Waals surface area contributed by atoms with E-state index < -0.39 is 0 Å². The molecule has 1 amide bonds. The molecule has 0 fully saturated rings. The van der Waals surface area contributed by atoms with Gasteiger partial charge >= 0.3 is 0 Å². The van der Waals surface area contributed by atoms with Crippen molar-refractivity contribution in [1.82, 2.24) is 5.32 Å². The molecule has 1 atom stereocenters. The van der Waals surface area contributed by atoms with Crippen LogP contribution in [-0.2, 0) is 11.2 Å².